The molecule has 1 aliphatic heterocycles. The lowest BCUT2D eigenvalue weighted by Gasteiger charge is -2.27. The van der Waals surface area contributed by atoms with E-state index in [2.05, 4.69) is 36.6 Å². The molecule has 0 aliphatic carbocycles. The summed E-state index contributed by atoms with van der Waals surface area (Å²) in [6.45, 7) is 4.00. The molecule has 3 heteroatoms. The molecule has 0 amide bonds. The van der Waals surface area contributed by atoms with Crippen molar-refractivity contribution in [3.63, 3.8) is 0 Å². The van der Waals surface area contributed by atoms with E-state index in [9.17, 15) is 0 Å². The summed E-state index contributed by atoms with van der Waals surface area (Å²) in [6, 6.07) is 8.86. The summed E-state index contributed by atoms with van der Waals surface area (Å²) in [6.07, 6.45) is 4.48. The highest BCUT2D eigenvalue weighted by Crippen LogP contribution is 2.29. The van der Waals surface area contributed by atoms with Crippen molar-refractivity contribution in [1.29, 1.82) is 0 Å². The second-order valence-electron chi connectivity index (χ2n) is 5.06. The number of hydrogen-bond donors (Lipinski definition) is 2. The van der Waals surface area contributed by atoms with Crippen LogP contribution in [-0.4, -0.2) is 13.2 Å². The van der Waals surface area contributed by atoms with Crippen LogP contribution in [0.3, 0.4) is 0 Å². The third-order valence-electron chi connectivity index (χ3n) is 3.92. The summed E-state index contributed by atoms with van der Waals surface area (Å²) in [5.74, 6) is 6.49. The molecule has 1 heterocycles. The Kier molecular flexibility index (Phi) is 5.17. The summed E-state index contributed by atoms with van der Waals surface area (Å²) in [5, 5.41) is 0. The van der Waals surface area contributed by atoms with Gasteiger partial charge in [-0.2, -0.15) is 0 Å². The highest BCUT2D eigenvalue weighted by molar-refractivity contribution is 5.30. The summed E-state index contributed by atoms with van der Waals surface area (Å²) < 4.78 is 5.41. The van der Waals surface area contributed by atoms with Gasteiger partial charge in [-0.3, -0.25) is 11.3 Å². The van der Waals surface area contributed by atoms with Crippen LogP contribution in [0.1, 0.15) is 43.4 Å². The lowest BCUT2D eigenvalue weighted by molar-refractivity contribution is 0.0605. The van der Waals surface area contributed by atoms with Gasteiger partial charge in [0.2, 0.25) is 0 Å². The first-order chi connectivity index (χ1) is 8.85. The van der Waals surface area contributed by atoms with Crippen LogP contribution in [0, 0.1) is 5.92 Å². The van der Waals surface area contributed by atoms with Gasteiger partial charge in [0, 0.05) is 19.3 Å². The monoisotopic (exact) mass is 248 g/mol. The number of rotatable bonds is 5. The molecule has 1 fully saturated rings. The first-order valence-electron chi connectivity index (χ1n) is 6.96. The van der Waals surface area contributed by atoms with Gasteiger partial charge in [0.25, 0.3) is 0 Å². The van der Waals surface area contributed by atoms with Crippen LogP contribution in [0.25, 0.3) is 0 Å². The molecule has 18 heavy (non-hydrogen) atoms. The minimum absolute atomic E-state index is 0.268. The van der Waals surface area contributed by atoms with Crippen LogP contribution in [0.15, 0.2) is 24.3 Å². The highest BCUT2D eigenvalue weighted by atomic mass is 16.5. The third kappa shape index (κ3) is 3.31. The average Bonchev–Trinajstić information content (AvgIpc) is 2.46. The van der Waals surface area contributed by atoms with Crippen LogP contribution < -0.4 is 11.3 Å². The predicted octanol–water partition coefficient (Wildman–Crippen LogP) is 2.57. The maximum Gasteiger partial charge on any atom is 0.0468 e. The Balaban J connectivity index is 2.07. The Labute approximate surface area is 110 Å². The Hall–Kier alpha value is -0.900. The number of nitrogens with one attached hydrogen (secondary N) is 1. The number of aryl methyl sites for hydroxylation is 1. The second kappa shape index (κ2) is 6.88. The number of hydrogen-bond acceptors (Lipinski definition) is 3. The zero-order valence-corrected chi connectivity index (χ0v) is 11.2. The van der Waals surface area contributed by atoms with E-state index in [4.69, 9.17) is 10.6 Å². The summed E-state index contributed by atoms with van der Waals surface area (Å²) in [7, 11) is 0. The molecule has 1 atom stereocenters. The quantitative estimate of drug-likeness (QED) is 0.622. The second-order valence-corrected chi connectivity index (χ2v) is 5.06. The zero-order chi connectivity index (χ0) is 12.8. The first kappa shape index (κ1) is 13.5. The van der Waals surface area contributed by atoms with Crippen molar-refractivity contribution in [3.05, 3.63) is 35.4 Å². The SMILES string of the molecule is CCc1ccccc1C(CC1CCOCC1)NN. The van der Waals surface area contributed by atoms with E-state index in [0.717, 1.165) is 44.8 Å². The molecule has 100 valence electrons. The van der Waals surface area contributed by atoms with E-state index in [1.807, 2.05) is 0 Å². The Morgan fingerprint density at radius 3 is 2.72 bits per heavy atom. The van der Waals surface area contributed by atoms with Gasteiger partial charge in [-0.15, -0.1) is 0 Å². The number of benzene rings is 1. The molecule has 0 radical (unpaired) electrons. The lowest BCUT2D eigenvalue weighted by Crippen LogP contribution is -2.31. The van der Waals surface area contributed by atoms with Gasteiger partial charge in [0.15, 0.2) is 0 Å². The van der Waals surface area contributed by atoms with Crippen LogP contribution >= 0.6 is 0 Å². The summed E-state index contributed by atoms with van der Waals surface area (Å²) in [5.41, 5.74) is 5.75. The first-order valence-corrected chi connectivity index (χ1v) is 6.96. The molecule has 2 rings (SSSR count). The maximum absolute atomic E-state index is 5.76. The fourth-order valence-electron chi connectivity index (χ4n) is 2.80. The van der Waals surface area contributed by atoms with E-state index in [-0.39, 0.29) is 6.04 Å². The molecule has 1 aliphatic rings. The van der Waals surface area contributed by atoms with Crippen LogP contribution in [0.5, 0.6) is 0 Å². The molecule has 0 spiro atoms. The van der Waals surface area contributed by atoms with Crippen LogP contribution in [-0.2, 0) is 11.2 Å². The Morgan fingerprint density at radius 1 is 1.33 bits per heavy atom. The Bertz CT molecular complexity index is 361. The zero-order valence-electron chi connectivity index (χ0n) is 11.2. The van der Waals surface area contributed by atoms with Crippen molar-refractivity contribution in [2.45, 2.75) is 38.6 Å². The van der Waals surface area contributed by atoms with E-state index in [1.165, 1.54) is 11.1 Å². The molecule has 0 bridgehead atoms. The van der Waals surface area contributed by atoms with Gasteiger partial charge in [-0.1, -0.05) is 31.2 Å². The van der Waals surface area contributed by atoms with Crippen molar-refractivity contribution < 1.29 is 4.74 Å². The molecule has 1 aromatic rings. The summed E-state index contributed by atoms with van der Waals surface area (Å²) in [4.78, 5) is 0. The lowest BCUT2D eigenvalue weighted by atomic mass is 9.87. The Morgan fingerprint density at radius 2 is 2.06 bits per heavy atom. The predicted molar refractivity (Wildman–Crippen MR) is 74.0 cm³/mol. The molecule has 3 N–H and O–H groups in total. The molecule has 1 aromatic carbocycles. The van der Waals surface area contributed by atoms with Crippen molar-refractivity contribution >= 4 is 0 Å². The van der Waals surface area contributed by atoms with Gasteiger partial charge in [0.1, 0.15) is 0 Å². The molecule has 3 nitrogen and oxygen atoms in total. The van der Waals surface area contributed by atoms with Crippen LogP contribution in [0.2, 0.25) is 0 Å². The van der Waals surface area contributed by atoms with Crippen molar-refractivity contribution in [1.82, 2.24) is 5.43 Å². The van der Waals surface area contributed by atoms with Gasteiger partial charge in [-0.05, 0) is 42.7 Å². The number of ether oxygens (including phenoxy) is 1. The number of nitrogens with two attached hydrogens (primary N) is 1. The van der Waals surface area contributed by atoms with Crippen LogP contribution in [0.4, 0.5) is 0 Å². The largest absolute Gasteiger partial charge is 0.381 e. The maximum atomic E-state index is 5.76. The van der Waals surface area contributed by atoms with E-state index < -0.39 is 0 Å². The molecular weight excluding hydrogens is 224 g/mol. The van der Waals surface area contributed by atoms with Crippen molar-refractivity contribution in [2.24, 2.45) is 11.8 Å². The molecule has 0 saturated carbocycles. The van der Waals surface area contributed by atoms with Crippen molar-refractivity contribution in [3.8, 4) is 0 Å². The van der Waals surface area contributed by atoms with Crippen molar-refractivity contribution in [2.75, 3.05) is 13.2 Å². The smallest absolute Gasteiger partial charge is 0.0468 e. The number of hydrazine groups is 1. The average molecular weight is 248 g/mol. The molecule has 1 saturated heterocycles. The third-order valence-corrected chi connectivity index (χ3v) is 3.92. The fourth-order valence-corrected chi connectivity index (χ4v) is 2.80. The van der Waals surface area contributed by atoms with E-state index in [0.29, 0.717) is 0 Å². The normalized spacial score (nSPS) is 18.8. The van der Waals surface area contributed by atoms with Gasteiger partial charge >= 0.3 is 0 Å². The minimum atomic E-state index is 0.268. The summed E-state index contributed by atoms with van der Waals surface area (Å²) >= 11 is 0. The van der Waals surface area contributed by atoms with Gasteiger partial charge in [0.05, 0.1) is 0 Å². The minimum Gasteiger partial charge on any atom is -0.381 e. The topological polar surface area (TPSA) is 47.3 Å². The van der Waals surface area contributed by atoms with E-state index in [1.54, 1.807) is 0 Å². The molecule has 0 aromatic heterocycles. The fraction of sp³-hybridized carbons (Fsp3) is 0.600. The standard InChI is InChI=1S/C15H24N2O/c1-2-13-5-3-4-6-14(13)15(17-16)11-12-7-9-18-10-8-12/h3-6,12,15,17H,2,7-11,16H2,1H3. The van der Waals surface area contributed by atoms with Gasteiger partial charge < -0.3 is 4.74 Å². The van der Waals surface area contributed by atoms with E-state index >= 15 is 0 Å². The van der Waals surface area contributed by atoms with Gasteiger partial charge in [-0.25, -0.2) is 0 Å². The molecule has 1 unspecified atom stereocenters. The highest BCUT2D eigenvalue weighted by Gasteiger charge is 2.20. The molecular formula is C15H24N2O.